The molecule has 5 rings (SSSR count). The highest BCUT2D eigenvalue weighted by molar-refractivity contribution is 7.90. The highest BCUT2D eigenvalue weighted by Crippen LogP contribution is 2.39. The summed E-state index contributed by atoms with van der Waals surface area (Å²) in [5.41, 5.74) is 11.0. The van der Waals surface area contributed by atoms with Crippen molar-refractivity contribution in [3.05, 3.63) is 90.8 Å². The summed E-state index contributed by atoms with van der Waals surface area (Å²) < 4.78 is 34.1. The lowest BCUT2D eigenvalue weighted by molar-refractivity contribution is 0.416. The number of nitrogen functional groups attached to an aromatic ring is 1. The Bertz CT molecular complexity index is 1670. The molecule has 0 fully saturated rings. The Morgan fingerprint density at radius 3 is 2.40 bits per heavy atom. The van der Waals surface area contributed by atoms with E-state index in [2.05, 4.69) is 17.6 Å². The summed E-state index contributed by atoms with van der Waals surface area (Å²) in [6.45, 7) is 1.91. The second-order valence-corrected chi connectivity index (χ2v) is 10.5. The Morgan fingerprint density at radius 2 is 1.69 bits per heavy atom. The number of nitrogens with two attached hydrogens (primary N) is 1. The van der Waals surface area contributed by atoms with Gasteiger partial charge in [0.15, 0.2) is 5.65 Å². The zero-order valence-electron chi connectivity index (χ0n) is 19.1. The topological polar surface area (TPSA) is 87.2 Å². The summed E-state index contributed by atoms with van der Waals surface area (Å²) in [6, 6.07) is 21.8. The van der Waals surface area contributed by atoms with E-state index in [0.29, 0.717) is 32.9 Å². The second kappa shape index (κ2) is 8.79. The van der Waals surface area contributed by atoms with Crippen LogP contribution in [0.5, 0.6) is 5.75 Å². The van der Waals surface area contributed by atoms with E-state index in [9.17, 15) is 8.42 Å². The van der Waals surface area contributed by atoms with Crippen LogP contribution < -0.4 is 10.5 Å². The van der Waals surface area contributed by atoms with Gasteiger partial charge in [0.25, 0.3) is 10.0 Å². The van der Waals surface area contributed by atoms with Crippen LogP contribution in [0.3, 0.4) is 0 Å². The van der Waals surface area contributed by atoms with Gasteiger partial charge in [0.1, 0.15) is 5.75 Å². The molecule has 35 heavy (non-hydrogen) atoms. The van der Waals surface area contributed by atoms with Crippen LogP contribution in [0.4, 0.5) is 5.69 Å². The molecular weight excluding hydrogens is 478 g/mol. The molecule has 2 aromatic heterocycles. The van der Waals surface area contributed by atoms with Crippen LogP contribution in [-0.2, 0) is 10.0 Å². The van der Waals surface area contributed by atoms with Gasteiger partial charge in [-0.15, -0.1) is 12.6 Å². The molecule has 3 aromatic carbocycles. The molecule has 6 nitrogen and oxygen atoms in total. The van der Waals surface area contributed by atoms with Crippen LogP contribution >= 0.6 is 12.6 Å². The van der Waals surface area contributed by atoms with Crippen LogP contribution in [0.15, 0.2) is 95.0 Å². The number of aryl methyl sites for hydroxylation is 1. The first-order valence-corrected chi connectivity index (χ1v) is 12.7. The van der Waals surface area contributed by atoms with Crippen molar-refractivity contribution in [1.82, 2.24) is 8.96 Å². The number of benzene rings is 3. The Morgan fingerprint density at radius 1 is 0.943 bits per heavy atom. The molecule has 0 aliphatic rings. The molecule has 8 heteroatoms. The van der Waals surface area contributed by atoms with Gasteiger partial charge in [0.2, 0.25) is 0 Å². The van der Waals surface area contributed by atoms with Crippen molar-refractivity contribution in [3.63, 3.8) is 0 Å². The number of pyridine rings is 1. The van der Waals surface area contributed by atoms with Crippen molar-refractivity contribution >= 4 is 39.4 Å². The summed E-state index contributed by atoms with van der Waals surface area (Å²) in [5, 5.41) is 0.681. The summed E-state index contributed by atoms with van der Waals surface area (Å²) in [6.07, 6.45) is 3.27. The largest absolute Gasteiger partial charge is 0.496 e. The van der Waals surface area contributed by atoms with Gasteiger partial charge < -0.3 is 10.5 Å². The van der Waals surface area contributed by atoms with E-state index in [0.717, 1.165) is 22.3 Å². The third-order valence-electron chi connectivity index (χ3n) is 5.95. The average molecular weight is 502 g/mol. The number of rotatable bonds is 5. The van der Waals surface area contributed by atoms with Crippen molar-refractivity contribution < 1.29 is 13.2 Å². The number of thiol groups is 1. The number of aromatic nitrogens is 2. The summed E-state index contributed by atoms with van der Waals surface area (Å²) in [5.74, 6) is 0.634. The van der Waals surface area contributed by atoms with Gasteiger partial charge in [-0.3, -0.25) is 0 Å². The highest BCUT2D eigenvalue weighted by atomic mass is 32.2. The van der Waals surface area contributed by atoms with Crippen molar-refractivity contribution in [1.29, 1.82) is 0 Å². The Labute approximate surface area is 209 Å². The smallest absolute Gasteiger partial charge is 0.269 e. The summed E-state index contributed by atoms with van der Waals surface area (Å²) >= 11 is 4.44. The second-order valence-electron chi connectivity index (χ2n) is 8.23. The summed E-state index contributed by atoms with van der Waals surface area (Å²) in [7, 11) is -2.30. The quantitative estimate of drug-likeness (QED) is 0.235. The molecule has 5 aromatic rings. The zero-order valence-corrected chi connectivity index (χ0v) is 20.8. The number of nitrogens with zero attached hydrogens (tertiary/aromatic N) is 2. The molecule has 2 heterocycles. The van der Waals surface area contributed by atoms with Crippen molar-refractivity contribution in [2.75, 3.05) is 12.8 Å². The fourth-order valence-electron chi connectivity index (χ4n) is 4.05. The van der Waals surface area contributed by atoms with E-state index < -0.39 is 10.0 Å². The first-order chi connectivity index (χ1) is 16.8. The minimum absolute atomic E-state index is 0.190. The molecule has 0 bridgehead atoms. The van der Waals surface area contributed by atoms with Gasteiger partial charge >= 0.3 is 0 Å². The Hall–Kier alpha value is -3.75. The number of ether oxygens (including phenoxy) is 1. The van der Waals surface area contributed by atoms with Crippen molar-refractivity contribution in [3.8, 4) is 28.0 Å². The average Bonchev–Trinajstić information content (AvgIpc) is 3.25. The Kier molecular flexibility index (Phi) is 5.78. The van der Waals surface area contributed by atoms with Gasteiger partial charge in [-0.25, -0.2) is 17.4 Å². The summed E-state index contributed by atoms with van der Waals surface area (Å²) in [4.78, 5) is 5.46. The third-order valence-corrected chi connectivity index (χ3v) is 8.00. The molecule has 0 saturated carbocycles. The molecule has 0 saturated heterocycles. The number of anilines is 1. The number of hydrogen-bond acceptors (Lipinski definition) is 6. The minimum atomic E-state index is -3.89. The van der Waals surface area contributed by atoms with E-state index >= 15 is 0 Å². The molecule has 176 valence electrons. The van der Waals surface area contributed by atoms with Crippen molar-refractivity contribution in [2.24, 2.45) is 0 Å². The predicted molar refractivity (Wildman–Crippen MR) is 143 cm³/mol. The number of methoxy groups -OCH3 is 1. The van der Waals surface area contributed by atoms with Gasteiger partial charge in [-0.05, 0) is 48.9 Å². The fraction of sp³-hybridized carbons (Fsp3) is 0.0741. The molecular formula is C27H23N3O3S2. The lowest BCUT2D eigenvalue weighted by atomic mass is 10.0. The number of para-hydroxylation sites is 1. The van der Waals surface area contributed by atoms with Crippen LogP contribution in [-0.4, -0.2) is 24.5 Å². The highest BCUT2D eigenvalue weighted by Gasteiger charge is 2.24. The first kappa shape index (κ1) is 23.0. The maximum Gasteiger partial charge on any atom is 0.269 e. The molecule has 0 aliphatic carbocycles. The molecule has 0 radical (unpaired) electrons. The predicted octanol–water partition coefficient (Wildman–Crippen LogP) is 5.80. The van der Waals surface area contributed by atoms with Gasteiger partial charge in [0, 0.05) is 45.1 Å². The van der Waals surface area contributed by atoms with Crippen molar-refractivity contribution in [2.45, 2.75) is 16.7 Å². The fourth-order valence-corrected chi connectivity index (χ4v) is 5.59. The monoisotopic (exact) mass is 501 g/mol. The molecule has 0 amide bonds. The van der Waals surface area contributed by atoms with Crippen LogP contribution in [0.2, 0.25) is 0 Å². The molecule has 0 aliphatic heterocycles. The number of fused-ring (bicyclic) bond motifs is 1. The lowest BCUT2D eigenvalue weighted by Gasteiger charge is -2.09. The molecule has 0 unspecified atom stereocenters. The van der Waals surface area contributed by atoms with E-state index in [4.69, 9.17) is 10.5 Å². The van der Waals surface area contributed by atoms with Crippen LogP contribution in [0.1, 0.15) is 5.56 Å². The van der Waals surface area contributed by atoms with E-state index in [1.54, 1.807) is 49.8 Å². The normalized spacial score (nSPS) is 11.6. The number of hydrogen-bond donors (Lipinski definition) is 2. The standard InChI is InChI=1S/C27H23N3O3S2/c1-17-7-10-20(11-8-17)35(31,32)30-16-23(21-5-3-4-6-25(21)33-2)22-13-19(15-29-27(22)30)18-9-12-24(28)26(34)14-18/h3-16,34H,28H2,1-2H3. The lowest BCUT2D eigenvalue weighted by Crippen LogP contribution is -2.12. The van der Waals surface area contributed by atoms with E-state index in [-0.39, 0.29) is 4.90 Å². The van der Waals surface area contributed by atoms with Gasteiger partial charge in [-0.1, -0.05) is 42.0 Å². The zero-order chi connectivity index (χ0) is 24.7. The third kappa shape index (κ3) is 4.05. The molecule has 0 spiro atoms. The Balaban J connectivity index is 1.79. The van der Waals surface area contributed by atoms with E-state index in [1.807, 2.05) is 49.4 Å². The minimum Gasteiger partial charge on any atom is -0.496 e. The SMILES string of the molecule is COc1ccccc1-c1cn(S(=O)(=O)c2ccc(C)cc2)c2ncc(-c3ccc(N)c(S)c3)cc12. The van der Waals surface area contributed by atoms with Gasteiger partial charge in [-0.2, -0.15) is 0 Å². The maximum atomic E-state index is 13.7. The van der Waals surface area contributed by atoms with E-state index in [1.165, 1.54) is 3.97 Å². The van der Waals surface area contributed by atoms with Gasteiger partial charge in [0.05, 0.1) is 12.0 Å². The molecule has 2 N–H and O–H groups in total. The molecule has 0 atom stereocenters. The van der Waals surface area contributed by atoms with Crippen LogP contribution in [0, 0.1) is 6.92 Å². The first-order valence-electron chi connectivity index (χ1n) is 10.8. The maximum absolute atomic E-state index is 13.7. The van der Waals surface area contributed by atoms with Crippen LogP contribution in [0.25, 0.3) is 33.3 Å².